The number of hydrogen-bond acceptors (Lipinski definition) is 4. The summed E-state index contributed by atoms with van der Waals surface area (Å²) in [4.78, 5) is 16.1. The summed E-state index contributed by atoms with van der Waals surface area (Å²) in [6.45, 7) is 4.37. The van der Waals surface area contributed by atoms with Crippen LogP contribution in [-0.4, -0.2) is 31.6 Å². The summed E-state index contributed by atoms with van der Waals surface area (Å²) in [5, 5.41) is 18.6. The molecule has 0 bridgehead atoms. The van der Waals surface area contributed by atoms with Crippen molar-refractivity contribution in [1.82, 2.24) is 15.2 Å². The van der Waals surface area contributed by atoms with Gasteiger partial charge in [0.25, 0.3) is 0 Å². The van der Waals surface area contributed by atoms with Crippen LogP contribution in [0.15, 0.2) is 48.5 Å². The van der Waals surface area contributed by atoms with E-state index in [0.29, 0.717) is 23.5 Å². The van der Waals surface area contributed by atoms with E-state index in [0.717, 1.165) is 35.6 Å². The van der Waals surface area contributed by atoms with E-state index in [4.69, 9.17) is 17.2 Å². The van der Waals surface area contributed by atoms with Gasteiger partial charge in [0, 0.05) is 12.3 Å². The smallest absolute Gasteiger partial charge is 0.336 e. The summed E-state index contributed by atoms with van der Waals surface area (Å²) in [6, 6.07) is 14.9. The Morgan fingerprint density at radius 3 is 2.59 bits per heavy atom. The number of benzene rings is 2. The molecule has 29 heavy (non-hydrogen) atoms. The molecule has 150 valence electrons. The van der Waals surface area contributed by atoms with Crippen molar-refractivity contribution in [1.29, 1.82) is 0 Å². The third-order valence-corrected chi connectivity index (χ3v) is 5.55. The maximum Gasteiger partial charge on any atom is 0.336 e. The quantitative estimate of drug-likeness (QED) is 0.472. The first-order valence-corrected chi connectivity index (χ1v) is 10.3. The minimum Gasteiger partial charge on any atom is -0.478 e. The Labute approximate surface area is 176 Å². The lowest BCUT2D eigenvalue weighted by Gasteiger charge is -2.17. The summed E-state index contributed by atoms with van der Waals surface area (Å²) in [7, 11) is 0. The zero-order valence-electron chi connectivity index (χ0n) is 16.6. The molecule has 2 N–H and O–H groups in total. The molecule has 0 fully saturated rings. The van der Waals surface area contributed by atoms with Crippen molar-refractivity contribution >= 4 is 23.6 Å². The van der Waals surface area contributed by atoms with Crippen LogP contribution in [0.2, 0.25) is 0 Å². The predicted octanol–water partition coefficient (Wildman–Crippen LogP) is 5.28. The summed E-state index contributed by atoms with van der Waals surface area (Å²) >= 11 is 5.06. The molecule has 0 aliphatic rings. The molecular weight excluding hydrogens is 382 g/mol. The van der Waals surface area contributed by atoms with Crippen LogP contribution in [0, 0.1) is 5.92 Å². The monoisotopic (exact) mass is 407 g/mol. The second-order valence-electron chi connectivity index (χ2n) is 7.26. The molecule has 0 radical (unpaired) electrons. The van der Waals surface area contributed by atoms with Crippen LogP contribution in [0.1, 0.15) is 60.2 Å². The van der Waals surface area contributed by atoms with Gasteiger partial charge in [0.15, 0.2) is 5.82 Å². The first-order valence-electron chi connectivity index (χ1n) is 9.79. The van der Waals surface area contributed by atoms with Crippen molar-refractivity contribution in [3.05, 3.63) is 71.3 Å². The topological polar surface area (TPSA) is 78.9 Å². The Morgan fingerprint density at radius 1 is 1.21 bits per heavy atom. The third kappa shape index (κ3) is 4.95. The van der Waals surface area contributed by atoms with Gasteiger partial charge >= 0.3 is 5.97 Å². The lowest BCUT2D eigenvalue weighted by Crippen LogP contribution is -2.11. The molecule has 2 unspecified atom stereocenters. The third-order valence-electron chi connectivity index (χ3n) is 5.36. The van der Waals surface area contributed by atoms with E-state index in [9.17, 15) is 9.90 Å². The van der Waals surface area contributed by atoms with Crippen LogP contribution in [0.4, 0.5) is 0 Å². The van der Waals surface area contributed by atoms with Crippen LogP contribution < -0.4 is 0 Å². The fraction of sp³-hybridized carbons (Fsp3) is 0.304. The van der Waals surface area contributed by atoms with Gasteiger partial charge < -0.3 is 5.11 Å². The predicted molar refractivity (Wildman–Crippen MR) is 118 cm³/mol. The number of rotatable bonds is 9. The number of hydrogen-bond donors (Lipinski definition) is 2. The average Bonchev–Trinajstić information content (AvgIpc) is 3.20. The molecule has 0 aliphatic carbocycles. The molecule has 0 spiro atoms. The SMILES string of the molecule is CCC(C)C(CC=S)c1n[nH]c(Cc2ccc(-c3ccccc3C(=O)O)cc2)n1. The van der Waals surface area contributed by atoms with Gasteiger partial charge in [0.05, 0.1) is 5.56 Å². The first-order chi connectivity index (χ1) is 14.0. The van der Waals surface area contributed by atoms with Crippen molar-refractivity contribution in [2.45, 2.75) is 39.0 Å². The van der Waals surface area contributed by atoms with Crippen LogP contribution in [0.25, 0.3) is 11.1 Å². The first kappa shape index (κ1) is 20.9. The van der Waals surface area contributed by atoms with Gasteiger partial charge in [-0.05, 0) is 40.5 Å². The number of thiocarbonyl (C=S) groups is 1. The van der Waals surface area contributed by atoms with Crippen LogP contribution >= 0.6 is 12.2 Å². The van der Waals surface area contributed by atoms with E-state index in [1.807, 2.05) is 36.4 Å². The van der Waals surface area contributed by atoms with Crippen LogP contribution in [-0.2, 0) is 6.42 Å². The van der Waals surface area contributed by atoms with Gasteiger partial charge in [-0.2, -0.15) is 5.10 Å². The summed E-state index contributed by atoms with van der Waals surface area (Å²) in [6.07, 6.45) is 2.48. The second-order valence-corrected chi connectivity index (χ2v) is 7.59. The molecule has 0 amide bonds. The van der Waals surface area contributed by atoms with E-state index in [1.54, 1.807) is 17.5 Å². The number of aromatic nitrogens is 3. The standard InChI is InChI=1S/C23H25N3O2S/c1-3-15(2)18(12-13-29)22-24-21(25-26-22)14-16-8-10-17(11-9-16)19-6-4-5-7-20(19)23(27)28/h4-11,13,15,18H,3,12,14H2,1-2H3,(H,27,28)(H,24,25,26). The van der Waals surface area contributed by atoms with Crippen molar-refractivity contribution < 1.29 is 9.90 Å². The van der Waals surface area contributed by atoms with Gasteiger partial charge in [0.1, 0.15) is 5.82 Å². The van der Waals surface area contributed by atoms with Crippen LogP contribution in [0.3, 0.4) is 0 Å². The molecule has 3 aromatic rings. The van der Waals surface area contributed by atoms with Crippen LogP contribution in [0.5, 0.6) is 0 Å². The number of nitrogens with one attached hydrogen (secondary N) is 1. The van der Waals surface area contributed by atoms with Crippen molar-refractivity contribution in [3.63, 3.8) is 0 Å². The molecule has 1 heterocycles. The molecule has 0 saturated heterocycles. The average molecular weight is 408 g/mol. The second kappa shape index (κ2) is 9.56. The maximum atomic E-state index is 11.4. The van der Waals surface area contributed by atoms with Gasteiger partial charge in [-0.15, -0.1) is 0 Å². The number of aromatic carboxylic acids is 1. The number of carboxylic acid groups (broad SMARTS) is 1. The fourth-order valence-electron chi connectivity index (χ4n) is 3.45. The molecule has 3 rings (SSSR count). The zero-order valence-corrected chi connectivity index (χ0v) is 17.4. The highest BCUT2D eigenvalue weighted by atomic mass is 32.1. The minimum atomic E-state index is -0.925. The van der Waals surface area contributed by atoms with E-state index < -0.39 is 5.97 Å². The highest BCUT2D eigenvalue weighted by molar-refractivity contribution is 7.78. The van der Waals surface area contributed by atoms with Crippen molar-refractivity contribution in [2.24, 2.45) is 5.92 Å². The highest BCUT2D eigenvalue weighted by Crippen LogP contribution is 2.28. The Bertz CT molecular complexity index is 982. The summed E-state index contributed by atoms with van der Waals surface area (Å²) in [5.74, 6) is 1.41. The molecule has 0 aliphatic heterocycles. The van der Waals surface area contributed by atoms with Gasteiger partial charge in [-0.1, -0.05) is 75.0 Å². The summed E-state index contributed by atoms with van der Waals surface area (Å²) in [5.41, 5.74) is 2.97. The molecule has 6 heteroatoms. The fourth-order valence-corrected chi connectivity index (χ4v) is 3.66. The number of carboxylic acids is 1. The molecule has 2 aromatic carbocycles. The van der Waals surface area contributed by atoms with E-state index in [2.05, 4.69) is 24.0 Å². The molecular formula is C23H25N3O2S. The highest BCUT2D eigenvalue weighted by Gasteiger charge is 2.21. The van der Waals surface area contributed by atoms with Gasteiger partial charge in [-0.25, -0.2) is 9.78 Å². The zero-order chi connectivity index (χ0) is 20.8. The van der Waals surface area contributed by atoms with Crippen molar-refractivity contribution in [2.75, 3.05) is 0 Å². The number of carbonyl (C=O) groups is 1. The summed E-state index contributed by atoms with van der Waals surface area (Å²) < 4.78 is 0. The Morgan fingerprint density at radius 2 is 1.93 bits per heavy atom. The van der Waals surface area contributed by atoms with Crippen molar-refractivity contribution in [3.8, 4) is 11.1 Å². The molecule has 0 saturated carbocycles. The van der Waals surface area contributed by atoms with Gasteiger partial charge in [0.2, 0.25) is 0 Å². The Hall–Kier alpha value is -2.86. The molecule has 2 atom stereocenters. The van der Waals surface area contributed by atoms with E-state index in [-0.39, 0.29) is 5.92 Å². The number of aromatic amines is 1. The van der Waals surface area contributed by atoms with E-state index in [1.165, 1.54) is 0 Å². The largest absolute Gasteiger partial charge is 0.478 e. The molecule has 5 nitrogen and oxygen atoms in total. The number of nitrogens with zero attached hydrogens (tertiary/aromatic N) is 2. The lowest BCUT2D eigenvalue weighted by molar-refractivity contribution is 0.0697. The Kier molecular flexibility index (Phi) is 6.88. The molecule has 1 aromatic heterocycles. The van der Waals surface area contributed by atoms with E-state index >= 15 is 0 Å². The Balaban J connectivity index is 1.77. The number of H-pyrrole nitrogens is 1. The maximum absolute atomic E-state index is 11.4. The normalized spacial score (nSPS) is 13.0. The lowest BCUT2D eigenvalue weighted by atomic mass is 9.89. The van der Waals surface area contributed by atoms with Gasteiger partial charge in [-0.3, -0.25) is 5.10 Å². The minimum absolute atomic E-state index is 0.234.